The Hall–Kier alpha value is -1.16. The summed E-state index contributed by atoms with van der Waals surface area (Å²) in [5, 5.41) is 4.85. The van der Waals surface area contributed by atoms with Crippen LogP contribution in [0.1, 0.15) is 13.8 Å². The molecule has 21 heavy (non-hydrogen) atoms. The Morgan fingerprint density at radius 1 is 1.57 bits per heavy atom. The van der Waals surface area contributed by atoms with E-state index in [9.17, 15) is 8.42 Å². The smallest absolute Gasteiger partial charge is 0.263 e. The highest BCUT2D eigenvalue weighted by Gasteiger charge is 2.33. The van der Waals surface area contributed by atoms with Gasteiger partial charge in [-0.2, -0.15) is 4.31 Å². The highest BCUT2D eigenvalue weighted by molar-refractivity contribution is 7.89. The molecule has 0 amide bonds. The first-order valence-electron chi connectivity index (χ1n) is 6.61. The average Bonchev–Trinajstić information content (AvgIpc) is 2.98. The highest BCUT2D eigenvalue weighted by atomic mass is 32.2. The Balaban J connectivity index is 2.56. The maximum atomic E-state index is 13.0. The van der Waals surface area contributed by atoms with Crippen molar-refractivity contribution in [3.8, 4) is 0 Å². The standard InChI is InChI=1S/C12H20N4O3S2/c1-5-16(9(2)8-19-4)21(17,18)11-10(13-3)14-12-15(11)6-7-20-12/h6-7,9,13H,5,8H2,1-4H3. The minimum Gasteiger partial charge on any atom is -0.383 e. The predicted octanol–water partition coefficient (Wildman–Crippen LogP) is 1.48. The van der Waals surface area contributed by atoms with E-state index in [2.05, 4.69) is 10.3 Å². The van der Waals surface area contributed by atoms with E-state index in [1.165, 1.54) is 15.6 Å². The number of anilines is 1. The third-order valence-corrected chi connectivity index (χ3v) is 6.09. The Labute approximate surface area is 128 Å². The van der Waals surface area contributed by atoms with Gasteiger partial charge in [-0.05, 0) is 6.92 Å². The zero-order valence-electron chi connectivity index (χ0n) is 12.5. The summed E-state index contributed by atoms with van der Waals surface area (Å²) in [4.78, 5) is 4.96. The number of hydrogen-bond acceptors (Lipinski definition) is 6. The Bertz CT molecular complexity index is 707. The van der Waals surface area contributed by atoms with E-state index in [0.29, 0.717) is 23.9 Å². The van der Waals surface area contributed by atoms with E-state index >= 15 is 0 Å². The van der Waals surface area contributed by atoms with Crippen molar-refractivity contribution in [3.63, 3.8) is 0 Å². The van der Waals surface area contributed by atoms with Crippen LogP contribution in [0.25, 0.3) is 4.96 Å². The van der Waals surface area contributed by atoms with E-state index in [-0.39, 0.29) is 11.1 Å². The summed E-state index contributed by atoms with van der Waals surface area (Å²) >= 11 is 1.40. The van der Waals surface area contributed by atoms with Crippen LogP contribution in [0.3, 0.4) is 0 Å². The van der Waals surface area contributed by atoms with Crippen molar-refractivity contribution in [1.82, 2.24) is 13.7 Å². The van der Waals surface area contributed by atoms with Crippen LogP contribution in [-0.2, 0) is 14.8 Å². The first-order chi connectivity index (χ1) is 9.97. The molecule has 9 heteroatoms. The van der Waals surface area contributed by atoms with E-state index in [1.54, 1.807) is 24.8 Å². The van der Waals surface area contributed by atoms with Crippen LogP contribution < -0.4 is 5.32 Å². The van der Waals surface area contributed by atoms with Crippen molar-refractivity contribution < 1.29 is 13.2 Å². The fourth-order valence-corrected chi connectivity index (χ4v) is 4.98. The Morgan fingerprint density at radius 3 is 2.86 bits per heavy atom. The van der Waals surface area contributed by atoms with Gasteiger partial charge in [0.15, 0.2) is 15.8 Å². The molecule has 2 aromatic heterocycles. The number of hydrogen-bond donors (Lipinski definition) is 1. The van der Waals surface area contributed by atoms with E-state index in [4.69, 9.17) is 4.74 Å². The SMILES string of the molecule is CCN(C(C)COC)S(=O)(=O)c1c(NC)nc2sccn12. The van der Waals surface area contributed by atoms with Crippen LogP contribution in [0.4, 0.5) is 5.82 Å². The molecular formula is C12H20N4O3S2. The third kappa shape index (κ3) is 2.78. The molecule has 0 fully saturated rings. The molecule has 2 heterocycles. The number of methoxy groups -OCH3 is 1. The summed E-state index contributed by atoms with van der Waals surface area (Å²) in [5.74, 6) is 0.366. The number of ether oxygens (including phenoxy) is 1. The molecule has 0 bridgehead atoms. The first-order valence-corrected chi connectivity index (χ1v) is 8.93. The Kier molecular flexibility index (Phi) is 4.87. The molecule has 118 valence electrons. The monoisotopic (exact) mass is 332 g/mol. The molecule has 2 aromatic rings. The van der Waals surface area contributed by atoms with Crippen molar-refractivity contribution >= 4 is 32.1 Å². The van der Waals surface area contributed by atoms with Gasteiger partial charge < -0.3 is 10.1 Å². The molecule has 0 aliphatic rings. The van der Waals surface area contributed by atoms with Crippen molar-refractivity contribution in [2.24, 2.45) is 0 Å². The number of thiazole rings is 1. The van der Waals surface area contributed by atoms with Crippen LogP contribution >= 0.6 is 11.3 Å². The van der Waals surface area contributed by atoms with Crippen molar-refractivity contribution in [2.75, 3.05) is 32.6 Å². The number of aromatic nitrogens is 2. The third-order valence-electron chi connectivity index (χ3n) is 3.22. The number of nitrogens with zero attached hydrogens (tertiary/aromatic N) is 3. The summed E-state index contributed by atoms with van der Waals surface area (Å²) in [6, 6.07) is -0.251. The zero-order valence-corrected chi connectivity index (χ0v) is 14.2. The largest absolute Gasteiger partial charge is 0.383 e. The average molecular weight is 332 g/mol. The maximum absolute atomic E-state index is 13.0. The molecule has 1 N–H and O–H groups in total. The second kappa shape index (κ2) is 6.30. The van der Waals surface area contributed by atoms with Gasteiger partial charge in [0.05, 0.1) is 6.61 Å². The van der Waals surface area contributed by atoms with Gasteiger partial charge in [0.25, 0.3) is 10.0 Å². The molecular weight excluding hydrogens is 312 g/mol. The molecule has 2 rings (SSSR count). The first kappa shape index (κ1) is 16.2. The second-order valence-corrected chi connectivity index (χ2v) is 7.26. The molecule has 1 atom stereocenters. The van der Waals surface area contributed by atoms with Gasteiger partial charge in [-0.1, -0.05) is 6.92 Å². The van der Waals surface area contributed by atoms with Gasteiger partial charge >= 0.3 is 0 Å². The van der Waals surface area contributed by atoms with E-state index in [0.717, 1.165) is 0 Å². The van der Waals surface area contributed by atoms with Gasteiger partial charge in [0.2, 0.25) is 0 Å². The van der Waals surface area contributed by atoms with Gasteiger partial charge in [0, 0.05) is 38.3 Å². The minimum absolute atomic E-state index is 0.172. The summed E-state index contributed by atoms with van der Waals surface area (Å²) in [6.45, 7) is 4.35. The molecule has 0 aliphatic heterocycles. The number of sulfonamides is 1. The van der Waals surface area contributed by atoms with E-state index < -0.39 is 10.0 Å². The summed E-state index contributed by atoms with van der Waals surface area (Å²) in [5.41, 5.74) is 0. The number of imidazole rings is 1. The van der Waals surface area contributed by atoms with Crippen LogP contribution in [0.2, 0.25) is 0 Å². The molecule has 0 spiro atoms. The van der Waals surface area contributed by atoms with Crippen LogP contribution in [0, 0.1) is 0 Å². The molecule has 0 saturated carbocycles. The number of fused-ring (bicyclic) bond motifs is 1. The topological polar surface area (TPSA) is 75.9 Å². The number of likely N-dealkylation sites (N-methyl/N-ethyl adjacent to an activating group) is 1. The predicted molar refractivity (Wildman–Crippen MR) is 83.5 cm³/mol. The summed E-state index contributed by atoms with van der Waals surface area (Å²) < 4.78 is 34.1. The molecule has 0 radical (unpaired) electrons. The Morgan fingerprint density at radius 2 is 2.29 bits per heavy atom. The summed E-state index contributed by atoms with van der Waals surface area (Å²) in [7, 11) is -0.442. The minimum atomic E-state index is -3.67. The summed E-state index contributed by atoms with van der Waals surface area (Å²) in [6.07, 6.45) is 1.72. The van der Waals surface area contributed by atoms with Crippen LogP contribution in [0.15, 0.2) is 16.6 Å². The molecule has 1 unspecified atom stereocenters. The second-order valence-electron chi connectivity index (χ2n) is 4.58. The quantitative estimate of drug-likeness (QED) is 0.831. The number of rotatable bonds is 7. The van der Waals surface area contributed by atoms with Gasteiger partial charge in [-0.25, -0.2) is 13.4 Å². The lowest BCUT2D eigenvalue weighted by molar-refractivity contribution is 0.142. The number of nitrogens with one attached hydrogen (secondary N) is 1. The zero-order chi connectivity index (χ0) is 15.6. The van der Waals surface area contributed by atoms with E-state index in [1.807, 2.05) is 19.2 Å². The van der Waals surface area contributed by atoms with Gasteiger partial charge in [0.1, 0.15) is 0 Å². The van der Waals surface area contributed by atoms with Crippen molar-refractivity contribution in [3.05, 3.63) is 11.6 Å². The lowest BCUT2D eigenvalue weighted by Gasteiger charge is -2.26. The highest BCUT2D eigenvalue weighted by Crippen LogP contribution is 2.28. The fourth-order valence-electron chi connectivity index (χ4n) is 2.33. The van der Waals surface area contributed by atoms with Crippen molar-refractivity contribution in [1.29, 1.82) is 0 Å². The molecule has 0 aromatic carbocycles. The van der Waals surface area contributed by atoms with Gasteiger partial charge in [-0.15, -0.1) is 11.3 Å². The lowest BCUT2D eigenvalue weighted by Crippen LogP contribution is -2.41. The van der Waals surface area contributed by atoms with Crippen LogP contribution in [0.5, 0.6) is 0 Å². The normalized spacial score (nSPS) is 14.0. The maximum Gasteiger partial charge on any atom is 0.263 e. The lowest BCUT2D eigenvalue weighted by atomic mass is 10.4. The molecule has 0 saturated heterocycles. The van der Waals surface area contributed by atoms with Gasteiger partial charge in [-0.3, -0.25) is 4.40 Å². The molecule has 0 aliphatic carbocycles. The van der Waals surface area contributed by atoms with Crippen molar-refractivity contribution in [2.45, 2.75) is 24.9 Å². The van der Waals surface area contributed by atoms with Crippen LogP contribution in [-0.4, -0.2) is 55.5 Å². The fraction of sp³-hybridized carbons (Fsp3) is 0.583. The molecule has 7 nitrogen and oxygen atoms in total.